The average Bonchev–Trinajstić information content (AvgIpc) is 3.09. The number of ether oxygens (including phenoxy) is 1. The first-order valence-electron chi connectivity index (χ1n) is 11.0. The molecule has 4 aromatic rings. The molecule has 2 heterocycles. The molecule has 3 aromatic carbocycles. The van der Waals surface area contributed by atoms with E-state index in [1.54, 1.807) is 35.2 Å². The number of hydrogen-bond acceptors (Lipinski definition) is 5. The molecule has 1 N–H and O–H groups in total. The first kappa shape index (κ1) is 22.2. The van der Waals surface area contributed by atoms with Gasteiger partial charge < -0.3 is 19.2 Å². The van der Waals surface area contributed by atoms with Gasteiger partial charge in [0.25, 0.3) is 5.91 Å². The van der Waals surface area contributed by atoms with Gasteiger partial charge in [0.15, 0.2) is 16.9 Å². The van der Waals surface area contributed by atoms with Crippen LogP contribution in [0.2, 0.25) is 0 Å². The number of phenols is 1. The van der Waals surface area contributed by atoms with Gasteiger partial charge in [-0.3, -0.25) is 9.59 Å². The molecule has 0 spiro atoms. The van der Waals surface area contributed by atoms with E-state index in [4.69, 9.17) is 9.15 Å². The minimum atomic E-state index is -0.691. The summed E-state index contributed by atoms with van der Waals surface area (Å²) in [6.45, 7) is 4.48. The van der Waals surface area contributed by atoms with Gasteiger partial charge in [-0.05, 0) is 55.3 Å². The minimum absolute atomic E-state index is 0.00490. The maximum atomic E-state index is 13.7. The molecule has 0 saturated heterocycles. The van der Waals surface area contributed by atoms with E-state index in [9.17, 15) is 14.7 Å². The van der Waals surface area contributed by atoms with Gasteiger partial charge in [-0.15, -0.1) is 0 Å². The number of aryl methyl sites for hydroxylation is 1. The summed E-state index contributed by atoms with van der Waals surface area (Å²) in [7, 11) is 0. The SMILES string of the molecule is CCOc1cc([C@H]2c3c(oc4ccc(Br)cc4c3=O)C(=O)N2Cc2ccc(C)cc2)ccc1O. The Kier molecular flexibility index (Phi) is 5.65. The summed E-state index contributed by atoms with van der Waals surface area (Å²) in [5, 5.41) is 10.6. The lowest BCUT2D eigenvalue weighted by atomic mass is 9.97. The van der Waals surface area contributed by atoms with Crippen LogP contribution in [0.1, 0.15) is 45.8 Å². The predicted octanol–water partition coefficient (Wildman–Crippen LogP) is 5.71. The Morgan fingerprint density at radius 2 is 1.82 bits per heavy atom. The Morgan fingerprint density at radius 1 is 1.06 bits per heavy atom. The quantitative estimate of drug-likeness (QED) is 0.365. The highest BCUT2D eigenvalue weighted by atomic mass is 79.9. The first-order chi connectivity index (χ1) is 16.4. The Hall–Kier alpha value is -3.58. The number of fused-ring (bicyclic) bond motifs is 2. The minimum Gasteiger partial charge on any atom is -0.504 e. The Balaban J connectivity index is 1.72. The van der Waals surface area contributed by atoms with Crippen LogP contribution in [0.15, 0.2) is 74.3 Å². The molecule has 0 fully saturated rings. The molecule has 0 aliphatic carbocycles. The number of hydrogen-bond donors (Lipinski definition) is 1. The molecule has 1 aliphatic rings. The van der Waals surface area contributed by atoms with Gasteiger partial charge in [0, 0.05) is 11.0 Å². The number of amides is 1. The van der Waals surface area contributed by atoms with Gasteiger partial charge in [0.05, 0.1) is 23.6 Å². The molecule has 1 aromatic heterocycles. The largest absolute Gasteiger partial charge is 0.504 e. The number of phenolic OH excluding ortho intramolecular Hbond substituents is 1. The molecular formula is C27H22BrNO5. The molecule has 1 amide bonds. The van der Waals surface area contributed by atoms with Crippen molar-refractivity contribution in [3.8, 4) is 11.5 Å². The summed E-state index contributed by atoms with van der Waals surface area (Å²) in [4.78, 5) is 28.9. The molecule has 1 aliphatic heterocycles. The van der Waals surface area contributed by atoms with Crippen LogP contribution >= 0.6 is 15.9 Å². The molecule has 172 valence electrons. The van der Waals surface area contributed by atoms with E-state index in [0.717, 1.165) is 15.6 Å². The molecule has 1 atom stereocenters. The molecular weight excluding hydrogens is 498 g/mol. The van der Waals surface area contributed by atoms with E-state index in [1.165, 1.54) is 6.07 Å². The van der Waals surface area contributed by atoms with Crippen molar-refractivity contribution < 1.29 is 19.1 Å². The zero-order valence-corrected chi connectivity index (χ0v) is 20.3. The predicted molar refractivity (Wildman–Crippen MR) is 132 cm³/mol. The molecule has 34 heavy (non-hydrogen) atoms. The fraction of sp³-hybridized carbons (Fsp3) is 0.185. The number of rotatable bonds is 5. The monoisotopic (exact) mass is 519 g/mol. The van der Waals surface area contributed by atoms with E-state index in [-0.39, 0.29) is 35.0 Å². The van der Waals surface area contributed by atoms with E-state index >= 15 is 0 Å². The summed E-state index contributed by atoms with van der Waals surface area (Å²) in [6.07, 6.45) is 0. The second kappa shape index (κ2) is 8.65. The number of carbonyl (C=O) groups excluding carboxylic acids is 1. The summed E-state index contributed by atoms with van der Waals surface area (Å²) in [5.74, 6) is -0.0182. The van der Waals surface area contributed by atoms with Crippen molar-refractivity contribution in [1.29, 1.82) is 0 Å². The van der Waals surface area contributed by atoms with E-state index in [1.807, 2.05) is 38.1 Å². The molecule has 0 unspecified atom stereocenters. The lowest BCUT2D eigenvalue weighted by Crippen LogP contribution is -2.29. The highest BCUT2D eigenvalue weighted by Gasteiger charge is 2.43. The van der Waals surface area contributed by atoms with Gasteiger partial charge in [-0.25, -0.2) is 0 Å². The second-order valence-electron chi connectivity index (χ2n) is 8.30. The molecule has 0 bridgehead atoms. The van der Waals surface area contributed by atoms with E-state index < -0.39 is 6.04 Å². The number of nitrogens with zero attached hydrogens (tertiary/aromatic N) is 1. The van der Waals surface area contributed by atoms with Crippen molar-refractivity contribution in [2.75, 3.05) is 6.61 Å². The van der Waals surface area contributed by atoms with Gasteiger partial charge in [0.2, 0.25) is 5.76 Å². The topological polar surface area (TPSA) is 80.0 Å². The van der Waals surface area contributed by atoms with Crippen molar-refractivity contribution in [3.63, 3.8) is 0 Å². The van der Waals surface area contributed by atoms with Gasteiger partial charge in [0.1, 0.15) is 5.58 Å². The average molecular weight is 520 g/mol. The van der Waals surface area contributed by atoms with Crippen LogP contribution in [0, 0.1) is 6.92 Å². The Labute approximate surface area is 204 Å². The van der Waals surface area contributed by atoms with Gasteiger partial charge in [-0.1, -0.05) is 51.8 Å². The molecule has 6 nitrogen and oxygen atoms in total. The molecule has 5 rings (SSSR count). The van der Waals surface area contributed by atoms with Crippen LogP contribution in [-0.2, 0) is 6.54 Å². The van der Waals surface area contributed by atoms with Gasteiger partial charge in [-0.2, -0.15) is 0 Å². The third-order valence-electron chi connectivity index (χ3n) is 6.00. The zero-order valence-electron chi connectivity index (χ0n) is 18.7. The lowest BCUT2D eigenvalue weighted by Gasteiger charge is -2.26. The fourth-order valence-corrected chi connectivity index (χ4v) is 4.73. The third kappa shape index (κ3) is 3.76. The smallest absolute Gasteiger partial charge is 0.291 e. The Bertz CT molecular complexity index is 1480. The van der Waals surface area contributed by atoms with Crippen LogP contribution in [0.4, 0.5) is 0 Å². The molecule has 7 heteroatoms. The van der Waals surface area contributed by atoms with E-state index in [0.29, 0.717) is 28.9 Å². The number of halogens is 1. The van der Waals surface area contributed by atoms with Crippen LogP contribution in [-0.4, -0.2) is 22.5 Å². The number of benzene rings is 3. The van der Waals surface area contributed by atoms with E-state index in [2.05, 4.69) is 15.9 Å². The second-order valence-corrected chi connectivity index (χ2v) is 9.21. The lowest BCUT2D eigenvalue weighted by molar-refractivity contribution is 0.0714. The van der Waals surface area contributed by atoms with Crippen LogP contribution in [0.25, 0.3) is 11.0 Å². The summed E-state index contributed by atoms with van der Waals surface area (Å²) in [6, 6.07) is 17.3. The maximum Gasteiger partial charge on any atom is 0.291 e. The molecule has 0 radical (unpaired) electrons. The van der Waals surface area contributed by atoms with Crippen molar-refractivity contribution >= 4 is 32.8 Å². The third-order valence-corrected chi connectivity index (χ3v) is 6.49. The summed E-state index contributed by atoms with van der Waals surface area (Å²) in [5.41, 5.74) is 3.09. The van der Waals surface area contributed by atoms with Crippen molar-refractivity contribution in [2.45, 2.75) is 26.4 Å². The van der Waals surface area contributed by atoms with Crippen molar-refractivity contribution in [1.82, 2.24) is 4.90 Å². The Morgan fingerprint density at radius 3 is 2.56 bits per heavy atom. The molecule has 0 saturated carbocycles. The fourth-order valence-electron chi connectivity index (χ4n) is 4.36. The highest BCUT2D eigenvalue weighted by Crippen LogP contribution is 2.41. The van der Waals surface area contributed by atoms with Crippen LogP contribution < -0.4 is 10.2 Å². The first-order valence-corrected chi connectivity index (χ1v) is 11.7. The summed E-state index contributed by atoms with van der Waals surface area (Å²) < 4.78 is 12.3. The number of aromatic hydroxyl groups is 1. The normalized spacial score (nSPS) is 15.1. The number of carbonyl (C=O) groups is 1. The van der Waals surface area contributed by atoms with Crippen molar-refractivity contribution in [2.24, 2.45) is 0 Å². The van der Waals surface area contributed by atoms with Crippen molar-refractivity contribution in [3.05, 3.63) is 103 Å². The maximum absolute atomic E-state index is 13.7. The summed E-state index contributed by atoms with van der Waals surface area (Å²) >= 11 is 3.41. The zero-order chi connectivity index (χ0) is 24.0. The van der Waals surface area contributed by atoms with Gasteiger partial charge >= 0.3 is 0 Å². The highest BCUT2D eigenvalue weighted by molar-refractivity contribution is 9.10. The standard InChI is InChI=1S/C27H22BrNO5/c1-3-33-22-12-17(8-10-20(22)30)24-23-25(31)19-13-18(28)9-11-21(19)34-26(23)27(32)29(24)14-16-6-4-15(2)5-7-16/h4-13,24,30H,3,14H2,1-2H3/t24-/m0/s1. The van der Waals surface area contributed by atoms with Crippen LogP contribution in [0.5, 0.6) is 11.5 Å². The van der Waals surface area contributed by atoms with Crippen LogP contribution in [0.3, 0.4) is 0 Å².